The zero-order valence-corrected chi connectivity index (χ0v) is 9.41. The monoisotopic (exact) mass is 249 g/mol. The van der Waals surface area contributed by atoms with Gasteiger partial charge in [-0.1, -0.05) is 11.6 Å². The lowest BCUT2D eigenvalue weighted by Crippen LogP contribution is -1.94. The van der Waals surface area contributed by atoms with Gasteiger partial charge in [0.1, 0.15) is 4.90 Å². The van der Waals surface area contributed by atoms with Gasteiger partial charge in [0.15, 0.2) is 0 Å². The van der Waals surface area contributed by atoms with Crippen LogP contribution < -0.4 is 0 Å². The van der Waals surface area contributed by atoms with Crippen molar-refractivity contribution in [1.29, 1.82) is 5.26 Å². The summed E-state index contributed by atoms with van der Waals surface area (Å²) in [6.07, 6.45) is 0. The maximum Gasteiger partial charge on any atom is 0.262 e. The first-order valence-corrected chi connectivity index (χ1v) is 6.20. The molecule has 0 saturated carbocycles. The number of hydrogen-bond acceptors (Lipinski definition) is 3. The maximum atomic E-state index is 11.0. The smallest absolute Gasteiger partial charge is 0.207 e. The van der Waals surface area contributed by atoms with Gasteiger partial charge in [-0.15, -0.1) is 0 Å². The Balaban J connectivity index is 3.58. The zero-order valence-electron chi connectivity index (χ0n) is 7.08. The number of rotatable bonds is 1. The van der Waals surface area contributed by atoms with Crippen LogP contribution in [0.5, 0.6) is 0 Å². The van der Waals surface area contributed by atoms with Crippen LogP contribution in [0.25, 0.3) is 0 Å². The van der Waals surface area contributed by atoms with Gasteiger partial charge in [-0.05, 0) is 24.6 Å². The molecule has 74 valence electrons. The molecule has 6 heteroatoms. The van der Waals surface area contributed by atoms with Gasteiger partial charge in [-0.25, -0.2) is 8.42 Å². The van der Waals surface area contributed by atoms with Gasteiger partial charge in [0.05, 0.1) is 16.7 Å². The van der Waals surface area contributed by atoms with E-state index in [1.54, 1.807) is 6.92 Å². The highest BCUT2D eigenvalue weighted by Crippen LogP contribution is 2.27. The molecular weight excluding hydrogens is 245 g/mol. The number of halogens is 2. The summed E-state index contributed by atoms with van der Waals surface area (Å²) in [6.45, 7) is 1.66. The Bertz CT molecular complexity index is 517. The zero-order chi connectivity index (χ0) is 10.9. The van der Waals surface area contributed by atoms with E-state index in [0.29, 0.717) is 5.56 Å². The molecule has 0 spiro atoms. The average molecular weight is 250 g/mol. The van der Waals surface area contributed by atoms with Crippen molar-refractivity contribution in [3.8, 4) is 6.07 Å². The van der Waals surface area contributed by atoms with Gasteiger partial charge >= 0.3 is 0 Å². The summed E-state index contributed by atoms with van der Waals surface area (Å²) in [6, 6.07) is 4.42. The van der Waals surface area contributed by atoms with Crippen LogP contribution in [-0.4, -0.2) is 8.42 Å². The first-order valence-electron chi connectivity index (χ1n) is 3.51. The summed E-state index contributed by atoms with van der Waals surface area (Å²) in [5, 5.41) is 8.69. The number of nitriles is 1. The fourth-order valence-corrected chi connectivity index (χ4v) is 2.53. The third kappa shape index (κ3) is 2.18. The lowest BCUT2D eigenvalue weighted by Gasteiger charge is -2.03. The van der Waals surface area contributed by atoms with Crippen molar-refractivity contribution in [2.45, 2.75) is 11.8 Å². The molecule has 0 bridgehead atoms. The molecule has 0 amide bonds. The van der Waals surface area contributed by atoms with E-state index in [9.17, 15) is 8.42 Å². The number of nitrogens with zero attached hydrogens (tertiary/aromatic N) is 1. The van der Waals surface area contributed by atoms with Gasteiger partial charge in [0.2, 0.25) is 0 Å². The lowest BCUT2D eigenvalue weighted by molar-refractivity contribution is 0.609. The van der Waals surface area contributed by atoms with Crippen molar-refractivity contribution in [3.63, 3.8) is 0 Å². The van der Waals surface area contributed by atoms with Crippen LogP contribution in [0.15, 0.2) is 17.0 Å². The van der Waals surface area contributed by atoms with E-state index < -0.39 is 9.05 Å². The second kappa shape index (κ2) is 3.77. The molecule has 0 heterocycles. The molecule has 14 heavy (non-hydrogen) atoms. The molecule has 1 rings (SSSR count). The van der Waals surface area contributed by atoms with E-state index in [1.165, 1.54) is 12.1 Å². The number of benzene rings is 1. The second-order valence-corrected chi connectivity index (χ2v) is 5.59. The summed E-state index contributed by atoms with van der Waals surface area (Å²) >= 11 is 5.67. The van der Waals surface area contributed by atoms with Crippen molar-refractivity contribution in [3.05, 3.63) is 28.3 Å². The highest BCUT2D eigenvalue weighted by Gasteiger charge is 2.16. The molecule has 0 aliphatic rings. The van der Waals surface area contributed by atoms with E-state index in [2.05, 4.69) is 0 Å². The molecule has 0 radical (unpaired) electrons. The first kappa shape index (κ1) is 11.3. The van der Waals surface area contributed by atoms with Gasteiger partial charge in [0.25, 0.3) is 9.05 Å². The Morgan fingerprint density at radius 1 is 1.43 bits per heavy atom. The second-order valence-electron chi connectivity index (χ2n) is 2.65. The summed E-state index contributed by atoms with van der Waals surface area (Å²) < 4.78 is 22.0. The largest absolute Gasteiger partial charge is 0.262 e. The highest BCUT2D eigenvalue weighted by atomic mass is 35.7. The molecule has 0 aliphatic heterocycles. The molecule has 0 atom stereocenters. The summed E-state index contributed by atoms with van der Waals surface area (Å²) in [5.74, 6) is 0. The van der Waals surface area contributed by atoms with Crippen LogP contribution in [0.2, 0.25) is 5.02 Å². The normalized spacial score (nSPS) is 11.0. The lowest BCUT2D eigenvalue weighted by atomic mass is 10.1. The van der Waals surface area contributed by atoms with Crippen molar-refractivity contribution in [1.82, 2.24) is 0 Å². The van der Waals surface area contributed by atoms with Crippen molar-refractivity contribution < 1.29 is 8.42 Å². The minimum Gasteiger partial charge on any atom is -0.207 e. The molecule has 1 aromatic rings. The fraction of sp³-hybridized carbons (Fsp3) is 0.125. The quantitative estimate of drug-likeness (QED) is 0.719. The molecule has 0 N–H and O–H groups in total. The van der Waals surface area contributed by atoms with Crippen molar-refractivity contribution >= 4 is 31.3 Å². The topological polar surface area (TPSA) is 57.9 Å². The van der Waals surface area contributed by atoms with Crippen molar-refractivity contribution in [2.75, 3.05) is 0 Å². The van der Waals surface area contributed by atoms with Crippen LogP contribution in [0, 0.1) is 18.3 Å². The molecule has 0 fully saturated rings. The number of aryl methyl sites for hydroxylation is 1. The molecule has 0 unspecified atom stereocenters. The standard InChI is InChI=1S/C8H5Cl2NO2S/c1-5-2-7(9)8(14(10,12)13)3-6(5)4-11/h2-3H,1H3. The van der Waals surface area contributed by atoms with Gasteiger partial charge < -0.3 is 0 Å². The molecular formula is C8H5Cl2NO2S. The van der Waals surface area contributed by atoms with Crippen LogP contribution in [0.4, 0.5) is 0 Å². The molecule has 0 aromatic heterocycles. The van der Waals surface area contributed by atoms with Crippen LogP contribution in [-0.2, 0) is 9.05 Å². The van der Waals surface area contributed by atoms with Crippen LogP contribution in [0.1, 0.15) is 11.1 Å². The predicted molar refractivity (Wildman–Crippen MR) is 53.9 cm³/mol. The Kier molecular flexibility index (Phi) is 3.05. The molecule has 0 saturated heterocycles. The molecule has 3 nitrogen and oxygen atoms in total. The molecule has 0 aliphatic carbocycles. The molecule has 1 aromatic carbocycles. The van der Waals surface area contributed by atoms with E-state index in [-0.39, 0.29) is 15.5 Å². The Labute approximate surface area is 91.3 Å². The fourth-order valence-electron chi connectivity index (χ4n) is 0.960. The third-order valence-electron chi connectivity index (χ3n) is 1.66. The minimum atomic E-state index is -3.89. The van der Waals surface area contributed by atoms with Gasteiger partial charge in [-0.3, -0.25) is 0 Å². The van der Waals surface area contributed by atoms with E-state index >= 15 is 0 Å². The van der Waals surface area contributed by atoms with E-state index in [4.69, 9.17) is 27.5 Å². The average Bonchev–Trinajstić information content (AvgIpc) is 2.02. The van der Waals surface area contributed by atoms with Gasteiger partial charge in [0, 0.05) is 10.7 Å². The Morgan fingerprint density at radius 2 is 2.00 bits per heavy atom. The third-order valence-corrected chi connectivity index (χ3v) is 3.45. The highest BCUT2D eigenvalue weighted by molar-refractivity contribution is 8.13. The Morgan fingerprint density at radius 3 is 2.43 bits per heavy atom. The summed E-state index contributed by atoms with van der Waals surface area (Å²) in [7, 11) is 1.23. The predicted octanol–water partition coefficient (Wildman–Crippen LogP) is 2.45. The van der Waals surface area contributed by atoms with Crippen LogP contribution >= 0.6 is 22.3 Å². The first-order chi connectivity index (χ1) is 6.36. The summed E-state index contributed by atoms with van der Waals surface area (Å²) in [4.78, 5) is -0.233. The van der Waals surface area contributed by atoms with Crippen LogP contribution in [0.3, 0.4) is 0 Å². The Hall–Kier alpha value is -0.760. The van der Waals surface area contributed by atoms with E-state index in [1.807, 2.05) is 6.07 Å². The maximum absolute atomic E-state index is 11.0. The van der Waals surface area contributed by atoms with E-state index in [0.717, 1.165) is 0 Å². The van der Waals surface area contributed by atoms with Crippen molar-refractivity contribution in [2.24, 2.45) is 0 Å². The SMILES string of the molecule is Cc1cc(Cl)c(S(=O)(=O)Cl)cc1C#N. The minimum absolute atomic E-state index is 0.0245. The summed E-state index contributed by atoms with van der Waals surface area (Å²) in [5.41, 5.74) is 0.857. The number of hydrogen-bond donors (Lipinski definition) is 0. The van der Waals surface area contributed by atoms with Gasteiger partial charge in [-0.2, -0.15) is 5.26 Å².